The van der Waals surface area contributed by atoms with Gasteiger partial charge in [0.25, 0.3) is 0 Å². The fraction of sp³-hybridized carbons (Fsp3) is 0.909. The van der Waals surface area contributed by atoms with Crippen molar-refractivity contribution >= 4 is 5.91 Å². The molecule has 1 amide bonds. The lowest BCUT2D eigenvalue weighted by Gasteiger charge is -2.18. The Labute approximate surface area is 87.4 Å². The molecule has 1 unspecified atom stereocenters. The normalized spacial score (nSPS) is 13.4. The number of hydrogen-bond acceptors (Lipinski definition) is 2. The molecule has 0 aliphatic rings. The van der Waals surface area contributed by atoms with Crippen LogP contribution in [0.1, 0.15) is 47.0 Å². The Hall–Kier alpha value is -0.570. The Morgan fingerprint density at radius 1 is 1.29 bits per heavy atom. The smallest absolute Gasteiger partial charge is 0.221 e. The van der Waals surface area contributed by atoms with Gasteiger partial charge >= 0.3 is 0 Å². The molecule has 0 saturated heterocycles. The molecule has 0 rings (SSSR count). The zero-order chi connectivity index (χ0) is 11.1. The first kappa shape index (κ1) is 13.4. The van der Waals surface area contributed by atoms with E-state index in [0.717, 1.165) is 12.8 Å². The molecule has 0 aromatic rings. The van der Waals surface area contributed by atoms with Crippen molar-refractivity contribution in [2.75, 3.05) is 0 Å². The highest BCUT2D eigenvalue weighted by Gasteiger charge is 2.14. The van der Waals surface area contributed by atoms with E-state index >= 15 is 0 Å². The number of hydrogen-bond donors (Lipinski definition) is 2. The van der Waals surface area contributed by atoms with Crippen LogP contribution in [0.4, 0.5) is 0 Å². The van der Waals surface area contributed by atoms with Crippen LogP contribution in [-0.4, -0.2) is 18.0 Å². The Bertz CT molecular complexity index is 159. The van der Waals surface area contributed by atoms with E-state index in [1.165, 1.54) is 0 Å². The fourth-order valence-corrected chi connectivity index (χ4v) is 1.23. The molecule has 0 saturated carbocycles. The summed E-state index contributed by atoms with van der Waals surface area (Å²) in [5.41, 5.74) is 5.82. The van der Waals surface area contributed by atoms with Gasteiger partial charge in [0.15, 0.2) is 0 Å². The molecule has 0 aromatic heterocycles. The summed E-state index contributed by atoms with van der Waals surface area (Å²) in [7, 11) is 0. The van der Waals surface area contributed by atoms with Crippen molar-refractivity contribution < 1.29 is 4.79 Å². The second kappa shape index (κ2) is 6.82. The van der Waals surface area contributed by atoms with Crippen molar-refractivity contribution in [2.45, 2.75) is 59.0 Å². The molecule has 14 heavy (non-hydrogen) atoms. The van der Waals surface area contributed by atoms with Gasteiger partial charge in [-0.25, -0.2) is 0 Å². The molecule has 0 bridgehead atoms. The van der Waals surface area contributed by atoms with Crippen LogP contribution in [0, 0.1) is 5.92 Å². The van der Waals surface area contributed by atoms with E-state index in [1.807, 2.05) is 13.8 Å². The number of carbonyl (C=O) groups is 1. The second-order valence-corrected chi connectivity index (χ2v) is 4.19. The minimum absolute atomic E-state index is 0.0237. The van der Waals surface area contributed by atoms with Gasteiger partial charge in [-0.2, -0.15) is 0 Å². The molecule has 3 heteroatoms. The van der Waals surface area contributed by atoms with Crippen LogP contribution in [0.5, 0.6) is 0 Å². The van der Waals surface area contributed by atoms with Gasteiger partial charge in [-0.15, -0.1) is 0 Å². The predicted molar refractivity (Wildman–Crippen MR) is 59.9 cm³/mol. The van der Waals surface area contributed by atoms with E-state index in [4.69, 9.17) is 5.73 Å². The summed E-state index contributed by atoms with van der Waals surface area (Å²) in [6.45, 7) is 8.23. The molecule has 0 spiro atoms. The molecule has 0 aliphatic carbocycles. The molecule has 3 nitrogen and oxygen atoms in total. The van der Waals surface area contributed by atoms with Crippen LogP contribution in [0.2, 0.25) is 0 Å². The summed E-state index contributed by atoms with van der Waals surface area (Å²) >= 11 is 0. The molecular weight excluding hydrogens is 176 g/mol. The van der Waals surface area contributed by atoms with Gasteiger partial charge in [-0.1, -0.05) is 27.7 Å². The molecule has 0 aromatic carbocycles. The predicted octanol–water partition coefficient (Wildman–Crippen LogP) is 1.66. The van der Waals surface area contributed by atoms with Crippen LogP contribution in [-0.2, 0) is 4.79 Å². The minimum atomic E-state index is -0.0237. The van der Waals surface area contributed by atoms with E-state index < -0.39 is 0 Å². The van der Waals surface area contributed by atoms with Gasteiger partial charge in [-0.05, 0) is 18.8 Å². The number of carbonyl (C=O) groups excluding carboxylic acids is 1. The standard InChI is InChI=1S/C11H24N2O/c1-5-9(6-2)13-11(14)7-10(12)8(3)4/h8-10H,5-7,12H2,1-4H3,(H,13,14). The van der Waals surface area contributed by atoms with E-state index in [2.05, 4.69) is 19.2 Å². The summed E-state index contributed by atoms with van der Waals surface area (Å²) in [6, 6.07) is 0.284. The third-order valence-corrected chi connectivity index (χ3v) is 2.63. The fourth-order valence-electron chi connectivity index (χ4n) is 1.23. The van der Waals surface area contributed by atoms with E-state index in [0.29, 0.717) is 18.4 Å². The van der Waals surface area contributed by atoms with Gasteiger partial charge in [0.05, 0.1) is 0 Å². The highest BCUT2D eigenvalue weighted by molar-refractivity contribution is 5.76. The Morgan fingerprint density at radius 3 is 2.14 bits per heavy atom. The van der Waals surface area contributed by atoms with E-state index in [9.17, 15) is 4.79 Å². The average molecular weight is 200 g/mol. The summed E-state index contributed by atoms with van der Waals surface area (Å²) in [5, 5.41) is 2.98. The lowest BCUT2D eigenvalue weighted by molar-refractivity contribution is -0.122. The molecule has 0 radical (unpaired) electrons. The van der Waals surface area contributed by atoms with Crippen molar-refractivity contribution in [3.05, 3.63) is 0 Å². The maximum Gasteiger partial charge on any atom is 0.221 e. The lowest BCUT2D eigenvalue weighted by Crippen LogP contribution is -2.39. The first-order chi connectivity index (χ1) is 6.51. The van der Waals surface area contributed by atoms with Crippen molar-refractivity contribution in [1.29, 1.82) is 0 Å². The van der Waals surface area contributed by atoms with Gasteiger partial charge in [0, 0.05) is 18.5 Å². The maximum absolute atomic E-state index is 11.5. The van der Waals surface area contributed by atoms with Crippen LogP contribution < -0.4 is 11.1 Å². The van der Waals surface area contributed by atoms with Gasteiger partial charge in [0.2, 0.25) is 5.91 Å². The SMILES string of the molecule is CCC(CC)NC(=O)CC(N)C(C)C. The summed E-state index contributed by atoms with van der Waals surface area (Å²) in [5.74, 6) is 0.447. The van der Waals surface area contributed by atoms with Crippen molar-refractivity contribution in [2.24, 2.45) is 11.7 Å². The van der Waals surface area contributed by atoms with Crippen molar-refractivity contribution in [3.8, 4) is 0 Å². The largest absolute Gasteiger partial charge is 0.353 e. The maximum atomic E-state index is 11.5. The zero-order valence-electron chi connectivity index (χ0n) is 9.84. The monoisotopic (exact) mass is 200 g/mol. The van der Waals surface area contributed by atoms with Crippen LogP contribution in [0.15, 0.2) is 0 Å². The molecule has 1 atom stereocenters. The number of nitrogens with two attached hydrogens (primary N) is 1. The van der Waals surface area contributed by atoms with Gasteiger partial charge in [0.1, 0.15) is 0 Å². The molecule has 0 aliphatic heterocycles. The third kappa shape index (κ3) is 5.22. The Morgan fingerprint density at radius 2 is 1.79 bits per heavy atom. The molecule has 84 valence electrons. The molecule has 0 heterocycles. The van der Waals surface area contributed by atoms with Crippen molar-refractivity contribution in [3.63, 3.8) is 0 Å². The number of rotatable bonds is 6. The quantitative estimate of drug-likeness (QED) is 0.685. The Balaban J connectivity index is 3.85. The zero-order valence-corrected chi connectivity index (χ0v) is 9.84. The molecule has 0 fully saturated rings. The summed E-state index contributed by atoms with van der Waals surface area (Å²) < 4.78 is 0. The van der Waals surface area contributed by atoms with Crippen LogP contribution in [0.25, 0.3) is 0 Å². The topological polar surface area (TPSA) is 55.1 Å². The lowest BCUT2D eigenvalue weighted by atomic mass is 10.0. The number of amides is 1. The highest BCUT2D eigenvalue weighted by Crippen LogP contribution is 2.04. The van der Waals surface area contributed by atoms with Gasteiger partial charge in [-0.3, -0.25) is 4.79 Å². The molecule has 3 N–H and O–H groups in total. The van der Waals surface area contributed by atoms with Crippen molar-refractivity contribution in [1.82, 2.24) is 5.32 Å². The molecular formula is C11H24N2O. The first-order valence-electron chi connectivity index (χ1n) is 5.56. The van der Waals surface area contributed by atoms with E-state index in [-0.39, 0.29) is 11.9 Å². The first-order valence-corrected chi connectivity index (χ1v) is 5.56. The van der Waals surface area contributed by atoms with Crippen LogP contribution in [0.3, 0.4) is 0 Å². The summed E-state index contributed by atoms with van der Waals surface area (Å²) in [4.78, 5) is 11.5. The summed E-state index contributed by atoms with van der Waals surface area (Å²) in [6.07, 6.45) is 2.41. The van der Waals surface area contributed by atoms with Crippen LogP contribution >= 0.6 is 0 Å². The second-order valence-electron chi connectivity index (χ2n) is 4.19. The third-order valence-electron chi connectivity index (χ3n) is 2.63. The Kier molecular flexibility index (Phi) is 6.54. The van der Waals surface area contributed by atoms with Gasteiger partial charge < -0.3 is 11.1 Å². The average Bonchev–Trinajstić information content (AvgIpc) is 2.13. The van der Waals surface area contributed by atoms with E-state index in [1.54, 1.807) is 0 Å². The number of nitrogens with one attached hydrogen (secondary N) is 1. The minimum Gasteiger partial charge on any atom is -0.353 e. The highest BCUT2D eigenvalue weighted by atomic mass is 16.1.